The predicted molar refractivity (Wildman–Crippen MR) is 91.2 cm³/mol. The van der Waals surface area contributed by atoms with Crippen LogP contribution in [0.2, 0.25) is 0 Å². The Morgan fingerprint density at radius 3 is 2.54 bits per heavy atom. The SMILES string of the molecule is Cc1cc(N2CC3CN(c4nccn5nccc45)CC3C2)ncn1. The molecule has 7 heteroatoms. The summed E-state index contributed by atoms with van der Waals surface area (Å²) in [6.45, 7) is 6.22. The van der Waals surface area contributed by atoms with Gasteiger partial charge in [-0.05, 0) is 13.0 Å². The first-order valence-electron chi connectivity index (χ1n) is 8.35. The van der Waals surface area contributed by atoms with E-state index in [9.17, 15) is 0 Å². The Balaban J connectivity index is 1.36. The van der Waals surface area contributed by atoms with E-state index in [-0.39, 0.29) is 0 Å². The first-order valence-corrected chi connectivity index (χ1v) is 8.35. The predicted octanol–water partition coefficient (Wildman–Crippen LogP) is 1.40. The van der Waals surface area contributed by atoms with Gasteiger partial charge < -0.3 is 9.80 Å². The molecule has 2 unspecified atom stereocenters. The van der Waals surface area contributed by atoms with Gasteiger partial charge in [-0.2, -0.15) is 5.10 Å². The fourth-order valence-corrected chi connectivity index (χ4v) is 4.05. The highest BCUT2D eigenvalue weighted by molar-refractivity contribution is 5.68. The van der Waals surface area contributed by atoms with E-state index in [2.05, 4.69) is 35.9 Å². The molecule has 0 spiro atoms. The van der Waals surface area contributed by atoms with Crippen molar-refractivity contribution in [2.24, 2.45) is 11.8 Å². The number of hydrogen-bond acceptors (Lipinski definition) is 6. The average Bonchev–Trinajstić information content (AvgIpc) is 3.28. The zero-order chi connectivity index (χ0) is 16.1. The lowest BCUT2D eigenvalue weighted by Gasteiger charge is -2.23. The fraction of sp³-hybridized carbons (Fsp3) is 0.412. The quantitative estimate of drug-likeness (QED) is 0.711. The normalized spacial score (nSPS) is 23.2. The number of hydrogen-bond donors (Lipinski definition) is 0. The van der Waals surface area contributed by atoms with Gasteiger partial charge in [0.15, 0.2) is 5.82 Å². The lowest BCUT2D eigenvalue weighted by molar-refractivity contribution is 0.533. The summed E-state index contributed by atoms with van der Waals surface area (Å²) in [5, 5.41) is 4.31. The van der Waals surface area contributed by atoms with Gasteiger partial charge in [-0.15, -0.1) is 0 Å². The van der Waals surface area contributed by atoms with Crippen LogP contribution in [0, 0.1) is 18.8 Å². The molecule has 3 aromatic heterocycles. The highest BCUT2D eigenvalue weighted by Crippen LogP contribution is 2.36. The van der Waals surface area contributed by atoms with Gasteiger partial charge in [-0.3, -0.25) is 0 Å². The van der Waals surface area contributed by atoms with Crippen molar-refractivity contribution in [2.75, 3.05) is 36.0 Å². The molecule has 0 N–H and O–H groups in total. The third kappa shape index (κ3) is 2.11. The molecule has 3 aromatic rings. The van der Waals surface area contributed by atoms with Gasteiger partial charge in [0.1, 0.15) is 17.7 Å². The number of nitrogens with zero attached hydrogens (tertiary/aromatic N) is 7. The molecule has 24 heavy (non-hydrogen) atoms. The summed E-state index contributed by atoms with van der Waals surface area (Å²) in [5.41, 5.74) is 2.11. The van der Waals surface area contributed by atoms with Crippen molar-refractivity contribution < 1.29 is 0 Å². The summed E-state index contributed by atoms with van der Waals surface area (Å²) >= 11 is 0. The van der Waals surface area contributed by atoms with Crippen LogP contribution in [0.1, 0.15) is 5.69 Å². The first kappa shape index (κ1) is 13.7. The molecule has 7 nitrogen and oxygen atoms in total. The summed E-state index contributed by atoms with van der Waals surface area (Å²) < 4.78 is 1.90. The minimum Gasteiger partial charge on any atom is -0.356 e. The molecule has 0 aromatic carbocycles. The van der Waals surface area contributed by atoms with Crippen molar-refractivity contribution >= 4 is 17.2 Å². The van der Waals surface area contributed by atoms with Gasteiger partial charge in [0.05, 0.1) is 6.20 Å². The molecule has 0 aliphatic carbocycles. The Morgan fingerprint density at radius 2 is 1.75 bits per heavy atom. The largest absolute Gasteiger partial charge is 0.356 e. The molecule has 0 amide bonds. The van der Waals surface area contributed by atoms with Gasteiger partial charge in [0.2, 0.25) is 0 Å². The summed E-state index contributed by atoms with van der Waals surface area (Å²) in [6.07, 6.45) is 7.22. The van der Waals surface area contributed by atoms with Gasteiger partial charge in [0.25, 0.3) is 0 Å². The van der Waals surface area contributed by atoms with Crippen LogP contribution in [-0.4, -0.2) is 50.7 Å². The highest BCUT2D eigenvalue weighted by atomic mass is 15.3. The number of rotatable bonds is 2. The highest BCUT2D eigenvalue weighted by Gasteiger charge is 2.41. The van der Waals surface area contributed by atoms with E-state index in [1.807, 2.05) is 36.1 Å². The zero-order valence-electron chi connectivity index (χ0n) is 13.6. The maximum Gasteiger partial charge on any atom is 0.154 e. The molecule has 2 fully saturated rings. The number of aryl methyl sites for hydroxylation is 1. The fourth-order valence-electron chi connectivity index (χ4n) is 4.05. The standard InChI is InChI=1S/C17H19N7/c1-12-6-16(20-11-19-12)22-7-13-9-23(10-14(13)8-22)17-15-2-3-21-24(15)5-4-18-17/h2-6,11,13-14H,7-10H2,1H3. The van der Waals surface area contributed by atoms with Gasteiger partial charge in [-0.1, -0.05) is 0 Å². The van der Waals surface area contributed by atoms with Crippen molar-refractivity contribution in [2.45, 2.75) is 6.92 Å². The summed E-state index contributed by atoms with van der Waals surface area (Å²) in [5.74, 6) is 3.42. The number of fused-ring (bicyclic) bond motifs is 2. The molecule has 0 saturated carbocycles. The Kier molecular flexibility index (Phi) is 2.95. The topological polar surface area (TPSA) is 62.5 Å². The number of anilines is 2. The summed E-state index contributed by atoms with van der Waals surface area (Å²) in [4.78, 5) is 18.1. The van der Waals surface area contributed by atoms with Crippen LogP contribution < -0.4 is 9.80 Å². The third-order valence-corrected chi connectivity index (χ3v) is 5.20. The second kappa shape index (κ2) is 5.15. The maximum absolute atomic E-state index is 4.61. The van der Waals surface area contributed by atoms with Crippen molar-refractivity contribution in [3.05, 3.63) is 42.7 Å². The third-order valence-electron chi connectivity index (χ3n) is 5.20. The molecule has 5 heterocycles. The molecule has 0 radical (unpaired) electrons. The van der Waals surface area contributed by atoms with E-state index < -0.39 is 0 Å². The van der Waals surface area contributed by atoms with Crippen LogP contribution in [0.4, 0.5) is 11.6 Å². The molecular formula is C17H19N7. The second-order valence-electron chi connectivity index (χ2n) is 6.76. The Hall–Kier alpha value is -2.70. The van der Waals surface area contributed by atoms with E-state index in [1.54, 1.807) is 6.33 Å². The Morgan fingerprint density at radius 1 is 0.958 bits per heavy atom. The summed E-state index contributed by atoms with van der Waals surface area (Å²) in [6, 6.07) is 4.11. The number of aromatic nitrogens is 5. The van der Waals surface area contributed by atoms with Crippen LogP contribution in [-0.2, 0) is 0 Å². The molecular weight excluding hydrogens is 302 g/mol. The van der Waals surface area contributed by atoms with Crippen molar-refractivity contribution in [1.82, 2.24) is 24.6 Å². The van der Waals surface area contributed by atoms with Crippen molar-refractivity contribution in [3.63, 3.8) is 0 Å². The lowest BCUT2D eigenvalue weighted by atomic mass is 10.0. The van der Waals surface area contributed by atoms with Crippen molar-refractivity contribution in [3.8, 4) is 0 Å². The van der Waals surface area contributed by atoms with E-state index in [4.69, 9.17) is 0 Å². The maximum atomic E-state index is 4.61. The second-order valence-corrected chi connectivity index (χ2v) is 6.76. The Labute approximate surface area is 140 Å². The van der Waals surface area contributed by atoms with E-state index in [0.717, 1.165) is 49.0 Å². The molecule has 2 saturated heterocycles. The molecule has 2 aliphatic rings. The van der Waals surface area contributed by atoms with Crippen LogP contribution in [0.25, 0.3) is 5.52 Å². The smallest absolute Gasteiger partial charge is 0.154 e. The van der Waals surface area contributed by atoms with Gasteiger partial charge in [0, 0.05) is 62.2 Å². The van der Waals surface area contributed by atoms with Crippen molar-refractivity contribution in [1.29, 1.82) is 0 Å². The van der Waals surface area contributed by atoms with Crippen LogP contribution >= 0.6 is 0 Å². The molecule has 2 aliphatic heterocycles. The molecule has 2 atom stereocenters. The molecule has 122 valence electrons. The molecule has 5 rings (SSSR count). The average molecular weight is 321 g/mol. The minimum absolute atomic E-state index is 0.658. The molecule has 0 bridgehead atoms. The lowest BCUT2D eigenvalue weighted by Crippen LogP contribution is -2.30. The van der Waals surface area contributed by atoms with E-state index in [0.29, 0.717) is 11.8 Å². The minimum atomic E-state index is 0.658. The van der Waals surface area contributed by atoms with Crippen LogP contribution in [0.3, 0.4) is 0 Å². The monoisotopic (exact) mass is 321 g/mol. The van der Waals surface area contributed by atoms with Gasteiger partial charge >= 0.3 is 0 Å². The van der Waals surface area contributed by atoms with Crippen LogP contribution in [0.15, 0.2) is 37.1 Å². The zero-order valence-corrected chi connectivity index (χ0v) is 13.6. The Bertz CT molecular complexity index is 875. The first-order chi connectivity index (χ1) is 11.8. The van der Waals surface area contributed by atoms with E-state index in [1.165, 1.54) is 0 Å². The van der Waals surface area contributed by atoms with E-state index >= 15 is 0 Å². The van der Waals surface area contributed by atoms with Crippen LogP contribution in [0.5, 0.6) is 0 Å². The summed E-state index contributed by atoms with van der Waals surface area (Å²) in [7, 11) is 0. The van der Waals surface area contributed by atoms with Gasteiger partial charge in [-0.25, -0.2) is 19.5 Å².